The van der Waals surface area contributed by atoms with Gasteiger partial charge in [-0.3, -0.25) is 9.59 Å². The van der Waals surface area contributed by atoms with Crippen LogP contribution in [0.5, 0.6) is 0 Å². The van der Waals surface area contributed by atoms with Gasteiger partial charge in [0.25, 0.3) is 0 Å². The molecule has 2 amide bonds. The number of thioether (sulfide) groups is 1. The van der Waals surface area contributed by atoms with Gasteiger partial charge in [0.2, 0.25) is 11.8 Å². The highest BCUT2D eigenvalue weighted by molar-refractivity contribution is 9.10. The second kappa shape index (κ2) is 9.33. The first-order chi connectivity index (χ1) is 11.1. The second-order valence-electron chi connectivity index (χ2n) is 5.76. The van der Waals surface area contributed by atoms with E-state index in [2.05, 4.69) is 21.2 Å². The molecule has 0 bridgehead atoms. The number of nitrogens with one attached hydrogen (secondary N) is 1. The Hall–Kier alpha value is -1.01. The molecule has 1 N–H and O–H groups in total. The van der Waals surface area contributed by atoms with Crippen molar-refractivity contribution in [2.45, 2.75) is 43.5 Å². The molecule has 1 heterocycles. The Bertz CT molecular complexity index is 545. The minimum Gasteiger partial charge on any atom is -0.344 e. The number of hydrogen-bond acceptors (Lipinski definition) is 3. The Morgan fingerprint density at radius 3 is 2.57 bits per heavy atom. The predicted octanol–water partition coefficient (Wildman–Crippen LogP) is 3.45. The number of carbonyl (C=O) groups excluding carboxylic acids is 2. The first-order valence-corrected chi connectivity index (χ1v) is 9.78. The molecule has 0 aromatic heterocycles. The molecule has 1 aromatic carbocycles. The van der Waals surface area contributed by atoms with E-state index in [1.807, 2.05) is 29.2 Å². The molecule has 4 nitrogen and oxygen atoms in total. The molecule has 1 atom stereocenters. The second-order valence-corrected chi connectivity index (χ2v) is 7.77. The quantitative estimate of drug-likeness (QED) is 0.772. The highest BCUT2D eigenvalue weighted by Gasteiger charge is 2.25. The van der Waals surface area contributed by atoms with E-state index in [9.17, 15) is 9.59 Å². The highest BCUT2D eigenvalue weighted by atomic mass is 79.9. The van der Waals surface area contributed by atoms with Gasteiger partial charge in [0.05, 0.1) is 0 Å². The summed E-state index contributed by atoms with van der Waals surface area (Å²) >= 11 is 5.04. The van der Waals surface area contributed by atoms with Gasteiger partial charge in [-0.1, -0.05) is 34.8 Å². The van der Waals surface area contributed by atoms with Crippen LogP contribution in [0, 0.1) is 0 Å². The Morgan fingerprint density at radius 2 is 1.96 bits per heavy atom. The van der Waals surface area contributed by atoms with Crippen molar-refractivity contribution in [1.29, 1.82) is 0 Å². The van der Waals surface area contributed by atoms with E-state index in [4.69, 9.17) is 0 Å². The van der Waals surface area contributed by atoms with E-state index in [1.165, 1.54) is 19.8 Å². The lowest BCUT2D eigenvalue weighted by atomic mass is 10.2. The van der Waals surface area contributed by atoms with Crippen LogP contribution in [-0.4, -0.2) is 41.6 Å². The molecule has 6 heteroatoms. The molecule has 0 spiro atoms. The van der Waals surface area contributed by atoms with Gasteiger partial charge in [-0.05, 0) is 31.0 Å². The normalized spacial score (nSPS) is 16.5. The summed E-state index contributed by atoms with van der Waals surface area (Å²) in [6.45, 7) is 3.07. The fourth-order valence-corrected chi connectivity index (χ4v) is 4.19. The summed E-state index contributed by atoms with van der Waals surface area (Å²) in [6.07, 6.45) is 4.47. The summed E-state index contributed by atoms with van der Waals surface area (Å²) in [6, 6.07) is 7.51. The van der Waals surface area contributed by atoms with Crippen molar-refractivity contribution >= 4 is 39.5 Å². The lowest BCUT2D eigenvalue weighted by Crippen LogP contribution is -2.49. The average molecular weight is 399 g/mol. The maximum atomic E-state index is 12.8. The van der Waals surface area contributed by atoms with Crippen molar-refractivity contribution in [3.8, 4) is 0 Å². The maximum Gasteiger partial charge on any atom is 0.246 e. The number of likely N-dealkylation sites (tertiary alicyclic amines) is 1. The van der Waals surface area contributed by atoms with Gasteiger partial charge in [-0.25, -0.2) is 0 Å². The lowest BCUT2D eigenvalue weighted by molar-refractivity contribution is -0.135. The van der Waals surface area contributed by atoms with Gasteiger partial charge in [0, 0.05) is 35.1 Å². The zero-order valence-electron chi connectivity index (χ0n) is 13.4. The van der Waals surface area contributed by atoms with Gasteiger partial charge >= 0.3 is 0 Å². The first kappa shape index (κ1) is 18.3. The number of amides is 2. The zero-order valence-corrected chi connectivity index (χ0v) is 15.8. The fourth-order valence-electron chi connectivity index (χ4n) is 2.67. The van der Waals surface area contributed by atoms with E-state index in [0.29, 0.717) is 5.75 Å². The van der Waals surface area contributed by atoms with E-state index in [1.54, 1.807) is 11.8 Å². The smallest absolute Gasteiger partial charge is 0.246 e. The third kappa shape index (κ3) is 6.18. The molecule has 23 heavy (non-hydrogen) atoms. The molecule has 126 valence electrons. The largest absolute Gasteiger partial charge is 0.344 e. The zero-order chi connectivity index (χ0) is 16.7. The summed E-state index contributed by atoms with van der Waals surface area (Å²) in [4.78, 5) is 27.2. The van der Waals surface area contributed by atoms with Crippen molar-refractivity contribution in [2.75, 3.05) is 18.8 Å². The van der Waals surface area contributed by atoms with Crippen LogP contribution < -0.4 is 5.32 Å². The van der Waals surface area contributed by atoms with Crippen LogP contribution in [-0.2, 0) is 9.59 Å². The standard InChI is InChI=1S/C17H23BrN2O2S/c1-13(21)19-16(12-23-15-8-6-7-14(18)11-15)17(22)20-9-4-2-3-5-10-20/h6-8,11,16H,2-5,9-10,12H2,1H3,(H,19,21). The number of carbonyl (C=O) groups is 2. The van der Waals surface area contributed by atoms with Crippen molar-refractivity contribution in [3.63, 3.8) is 0 Å². The maximum absolute atomic E-state index is 12.8. The molecule has 0 saturated carbocycles. The summed E-state index contributed by atoms with van der Waals surface area (Å²) in [5, 5.41) is 2.82. The number of benzene rings is 1. The molecular weight excluding hydrogens is 376 g/mol. The summed E-state index contributed by atoms with van der Waals surface area (Å²) < 4.78 is 1.01. The third-order valence-corrected chi connectivity index (χ3v) is 5.39. The van der Waals surface area contributed by atoms with Crippen LogP contribution >= 0.6 is 27.7 Å². The average Bonchev–Trinajstić information content (AvgIpc) is 2.79. The summed E-state index contributed by atoms with van der Waals surface area (Å²) in [5.74, 6) is 0.434. The SMILES string of the molecule is CC(=O)NC(CSc1cccc(Br)c1)C(=O)N1CCCCCC1. The van der Waals surface area contributed by atoms with Crippen LogP contribution in [0.25, 0.3) is 0 Å². The molecule has 2 rings (SSSR count). The van der Waals surface area contributed by atoms with Gasteiger partial charge in [-0.15, -0.1) is 11.8 Å². The Labute approximate surface area is 150 Å². The number of halogens is 1. The molecule has 1 saturated heterocycles. The molecular formula is C17H23BrN2O2S. The molecule has 1 unspecified atom stereocenters. The van der Waals surface area contributed by atoms with Crippen molar-refractivity contribution in [1.82, 2.24) is 10.2 Å². The van der Waals surface area contributed by atoms with Gasteiger partial charge in [-0.2, -0.15) is 0 Å². The van der Waals surface area contributed by atoms with Gasteiger partial charge in [0.1, 0.15) is 6.04 Å². The Morgan fingerprint density at radius 1 is 1.26 bits per heavy atom. The summed E-state index contributed by atoms with van der Waals surface area (Å²) in [5.41, 5.74) is 0. The first-order valence-electron chi connectivity index (χ1n) is 8.00. The van der Waals surface area contributed by atoms with E-state index < -0.39 is 6.04 Å². The van der Waals surface area contributed by atoms with Crippen molar-refractivity contribution in [3.05, 3.63) is 28.7 Å². The summed E-state index contributed by atoms with van der Waals surface area (Å²) in [7, 11) is 0. The number of nitrogens with zero attached hydrogens (tertiary/aromatic N) is 1. The number of rotatable bonds is 5. The van der Waals surface area contributed by atoms with Crippen LogP contribution in [0.2, 0.25) is 0 Å². The van der Waals surface area contributed by atoms with Crippen LogP contribution in [0.4, 0.5) is 0 Å². The lowest BCUT2D eigenvalue weighted by Gasteiger charge is -2.26. The minimum absolute atomic E-state index is 0.0459. The molecule has 1 fully saturated rings. The monoisotopic (exact) mass is 398 g/mol. The van der Waals surface area contributed by atoms with E-state index in [-0.39, 0.29) is 11.8 Å². The van der Waals surface area contributed by atoms with Gasteiger partial charge in [0.15, 0.2) is 0 Å². The predicted molar refractivity (Wildman–Crippen MR) is 97.5 cm³/mol. The highest BCUT2D eigenvalue weighted by Crippen LogP contribution is 2.23. The topological polar surface area (TPSA) is 49.4 Å². The van der Waals surface area contributed by atoms with E-state index >= 15 is 0 Å². The Kier molecular flexibility index (Phi) is 7.43. The van der Waals surface area contributed by atoms with Gasteiger partial charge < -0.3 is 10.2 Å². The van der Waals surface area contributed by atoms with E-state index in [0.717, 1.165) is 35.3 Å². The minimum atomic E-state index is -0.463. The van der Waals surface area contributed by atoms with Crippen LogP contribution in [0.3, 0.4) is 0 Å². The fraction of sp³-hybridized carbons (Fsp3) is 0.529. The molecule has 1 aliphatic rings. The molecule has 1 aliphatic heterocycles. The van der Waals surface area contributed by atoms with Crippen LogP contribution in [0.15, 0.2) is 33.6 Å². The Balaban J connectivity index is 2.00. The third-order valence-electron chi connectivity index (χ3n) is 3.81. The van der Waals surface area contributed by atoms with Crippen molar-refractivity contribution < 1.29 is 9.59 Å². The van der Waals surface area contributed by atoms with Crippen LogP contribution in [0.1, 0.15) is 32.6 Å². The van der Waals surface area contributed by atoms with Crippen molar-refractivity contribution in [2.24, 2.45) is 0 Å². The molecule has 0 radical (unpaired) electrons. The molecule has 0 aliphatic carbocycles. The molecule has 1 aromatic rings. The number of hydrogen-bond donors (Lipinski definition) is 1.